The van der Waals surface area contributed by atoms with Gasteiger partial charge in [0.05, 0.1) is 25.0 Å². The van der Waals surface area contributed by atoms with Crippen molar-refractivity contribution < 1.29 is 19.1 Å². The maximum atomic E-state index is 12.6. The van der Waals surface area contributed by atoms with Crippen molar-refractivity contribution >= 4 is 28.9 Å². The highest BCUT2D eigenvalue weighted by atomic mass is 16.5. The number of para-hydroxylation sites is 1. The minimum atomic E-state index is -0.416. The Morgan fingerprint density at radius 1 is 1.00 bits per heavy atom. The summed E-state index contributed by atoms with van der Waals surface area (Å²) in [5.41, 5.74) is 2.44. The Hall–Kier alpha value is -3.87. The zero-order valence-corrected chi connectivity index (χ0v) is 16.1. The van der Waals surface area contributed by atoms with E-state index in [-0.39, 0.29) is 18.2 Å². The van der Waals surface area contributed by atoms with Crippen LogP contribution < -0.4 is 15.4 Å². The Balaban J connectivity index is 1.78. The second-order valence-electron chi connectivity index (χ2n) is 6.01. The van der Waals surface area contributed by atoms with E-state index >= 15 is 0 Å². The summed E-state index contributed by atoms with van der Waals surface area (Å²) in [4.78, 5) is 28.8. The number of amides is 1. The van der Waals surface area contributed by atoms with E-state index in [1.165, 1.54) is 6.20 Å². The van der Waals surface area contributed by atoms with Gasteiger partial charge in [0.15, 0.2) is 0 Å². The molecule has 7 nitrogen and oxygen atoms in total. The first-order valence-electron chi connectivity index (χ1n) is 9.05. The number of carbonyl (C=O) groups excluding carboxylic acids is 2. The van der Waals surface area contributed by atoms with Crippen molar-refractivity contribution in [1.29, 1.82) is 0 Å². The molecule has 3 rings (SSSR count). The summed E-state index contributed by atoms with van der Waals surface area (Å²) in [5.74, 6) is -0.136. The van der Waals surface area contributed by atoms with Gasteiger partial charge in [0, 0.05) is 23.6 Å². The van der Waals surface area contributed by atoms with Crippen LogP contribution in [0.5, 0.6) is 5.75 Å². The lowest BCUT2D eigenvalue weighted by Crippen LogP contribution is -2.14. The molecule has 0 bridgehead atoms. The molecule has 0 saturated heterocycles. The lowest BCUT2D eigenvalue weighted by atomic mass is 10.1. The van der Waals surface area contributed by atoms with Gasteiger partial charge < -0.3 is 20.1 Å². The summed E-state index contributed by atoms with van der Waals surface area (Å²) in [6.45, 7) is 2.04. The summed E-state index contributed by atoms with van der Waals surface area (Å²) < 4.78 is 10.2. The number of methoxy groups -OCH3 is 1. The van der Waals surface area contributed by atoms with Crippen molar-refractivity contribution in [2.75, 3.05) is 24.4 Å². The van der Waals surface area contributed by atoms with E-state index in [9.17, 15) is 9.59 Å². The first-order valence-corrected chi connectivity index (χ1v) is 9.05. The first-order chi connectivity index (χ1) is 14.1. The normalized spacial score (nSPS) is 10.1. The fraction of sp³-hybridized carbons (Fsp3) is 0.136. The van der Waals surface area contributed by atoms with Crippen LogP contribution >= 0.6 is 0 Å². The Bertz CT molecular complexity index is 1020. The second-order valence-corrected chi connectivity index (χ2v) is 6.01. The minimum absolute atomic E-state index is 0.228. The summed E-state index contributed by atoms with van der Waals surface area (Å²) in [6, 6.07) is 17.4. The standard InChI is InChI=1S/C22H21N3O4/c1-3-29-22(27)18-9-4-5-10-19(18)24-16-11-12-23-20(14-16)21(26)25-15-7-6-8-17(13-15)28-2/h4-14H,3H2,1-2H3,(H,23,24)(H,25,26). The molecular formula is C22H21N3O4. The topological polar surface area (TPSA) is 89.5 Å². The number of rotatable bonds is 7. The van der Waals surface area contributed by atoms with Crippen LogP contribution in [0.2, 0.25) is 0 Å². The van der Waals surface area contributed by atoms with Crippen LogP contribution in [0.15, 0.2) is 66.9 Å². The molecule has 1 amide bonds. The average molecular weight is 391 g/mol. The van der Waals surface area contributed by atoms with Gasteiger partial charge in [0.2, 0.25) is 0 Å². The Morgan fingerprint density at radius 2 is 1.83 bits per heavy atom. The third-order valence-corrected chi connectivity index (χ3v) is 4.02. The van der Waals surface area contributed by atoms with E-state index in [2.05, 4.69) is 15.6 Å². The maximum Gasteiger partial charge on any atom is 0.340 e. The molecule has 2 aromatic carbocycles. The van der Waals surface area contributed by atoms with Crippen LogP contribution in [0.1, 0.15) is 27.8 Å². The van der Waals surface area contributed by atoms with Gasteiger partial charge >= 0.3 is 5.97 Å². The molecule has 1 aromatic heterocycles. The lowest BCUT2D eigenvalue weighted by Gasteiger charge is -2.12. The van der Waals surface area contributed by atoms with Crippen molar-refractivity contribution in [3.05, 3.63) is 78.1 Å². The molecule has 2 N–H and O–H groups in total. The highest BCUT2D eigenvalue weighted by molar-refractivity contribution is 6.03. The molecule has 0 atom stereocenters. The van der Waals surface area contributed by atoms with Gasteiger partial charge in [-0.25, -0.2) is 4.79 Å². The summed E-state index contributed by atoms with van der Waals surface area (Å²) >= 11 is 0. The Kier molecular flexibility index (Phi) is 6.42. The molecule has 0 aliphatic rings. The monoisotopic (exact) mass is 391 g/mol. The third-order valence-electron chi connectivity index (χ3n) is 4.02. The highest BCUT2D eigenvalue weighted by Gasteiger charge is 2.13. The molecular weight excluding hydrogens is 370 g/mol. The number of aromatic nitrogens is 1. The van der Waals surface area contributed by atoms with E-state index in [1.807, 2.05) is 6.07 Å². The van der Waals surface area contributed by atoms with Crippen LogP contribution in [-0.2, 0) is 4.74 Å². The number of nitrogens with one attached hydrogen (secondary N) is 2. The zero-order valence-electron chi connectivity index (χ0n) is 16.1. The fourth-order valence-electron chi connectivity index (χ4n) is 2.66. The maximum absolute atomic E-state index is 12.6. The van der Waals surface area contributed by atoms with Crippen LogP contribution in [0, 0.1) is 0 Å². The first kappa shape index (κ1) is 19.9. The van der Waals surface area contributed by atoms with E-state index in [0.29, 0.717) is 28.4 Å². The number of hydrogen-bond acceptors (Lipinski definition) is 6. The number of carbonyl (C=O) groups is 2. The molecule has 0 unspecified atom stereocenters. The number of nitrogens with zero attached hydrogens (tertiary/aromatic N) is 1. The number of pyridine rings is 1. The highest BCUT2D eigenvalue weighted by Crippen LogP contribution is 2.22. The van der Waals surface area contributed by atoms with Gasteiger partial charge in [-0.2, -0.15) is 0 Å². The van der Waals surface area contributed by atoms with Crippen molar-refractivity contribution in [3.63, 3.8) is 0 Å². The van der Waals surface area contributed by atoms with Gasteiger partial charge in [-0.05, 0) is 43.3 Å². The molecule has 0 fully saturated rings. The zero-order chi connectivity index (χ0) is 20.6. The molecule has 1 heterocycles. The molecule has 0 spiro atoms. The van der Waals surface area contributed by atoms with E-state index < -0.39 is 5.97 Å². The predicted molar refractivity (Wildman–Crippen MR) is 111 cm³/mol. The van der Waals surface area contributed by atoms with E-state index in [4.69, 9.17) is 9.47 Å². The summed E-state index contributed by atoms with van der Waals surface area (Å²) in [7, 11) is 1.56. The van der Waals surface area contributed by atoms with E-state index in [1.54, 1.807) is 68.6 Å². The van der Waals surface area contributed by atoms with Crippen molar-refractivity contribution in [2.45, 2.75) is 6.92 Å². The van der Waals surface area contributed by atoms with Crippen LogP contribution in [0.4, 0.5) is 17.1 Å². The number of anilines is 3. The molecule has 0 aliphatic carbocycles. The van der Waals surface area contributed by atoms with Gasteiger partial charge in [-0.15, -0.1) is 0 Å². The molecule has 7 heteroatoms. The number of ether oxygens (including phenoxy) is 2. The number of benzene rings is 2. The molecule has 29 heavy (non-hydrogen) atoms. The smallest absolute Gasteiger partial charge is 0.340 e. The third kappa shape index (κ3) is 5.10. The lowest BCUT2D eigenvalue weighted by molar-refractivity contribution is 0.0527. The van der Waals surface area contributed by atoms with Crippen molar-refractivity contribution in [1.82, 2.24) is 4.98 Å². The largest absolute Gasteiger partial charge is 0.497 e. The SMILES string of the molecule is CCOC(=O)c1ccccc1Nc1ccnc(C(=O)Nc2cccc(OC)c2)c1. The number of esters is 1. The average Bonchev–Trinajstić information content (AvgIpc) is 2.74. The predicted octanol–water partition coefficient (Wildman–Crippen LogP) is 4.26. The second kappa shape index (κ2) is 9.36. The number of hydrogen-bond donors (Lipinski definition) is 2. The quantitative estimate of drug-likeness (QED) is 0.585. The molecule has 148 valence electrons. The fourth-order valence-corrected chi connectivity index (χ4v) is 2.66. The van der Waals surface area contributed by atoms with Crippen molar-refractivity contribution in [2.24, 2.45) is 0 Å². The molecule has 0 aliphatic heterocycles. The van der Waals surface area contributed by atoms with Gasteiger partial charge in [-0.3, -0.25) is 9.78 Å². The Morgan fingerprint density at radius 3 is 2.62 bits per heavy atom. The molecule has 0 radical (unpaired) electrons. The van der Waals surface area contributed by atoms with Crippen LogP contribution in [-0.4, -0.2) is 30.6 Å². The summed E-state index contributed by atoms with van der Waals surface area (Å²) in [6.07, 6.45) is 1.52. The van der Waals surface area contributed by atoms with Gasteiger partial charge in [-0.1, -0.05) is 18.2 Å². The van der Waals surface area contributed by atoms with Gasteiger partial charge in [0.1, 0.15) is 11.4 Å². The van der Waals surface area contributed by atoms with Crippen molar-refractivity contribution in [3.8, 4) is 5.75 Å². The van der Waals surface area contributed by atoms with Gasteiger partial charge in [0.25, 0.3) is 5.91 Å². The molecule has 3 aromatic rings. The minimum Gasteiger partial charge on any atom is -0.497 e. The van der Waals surface area contributed by atoms with Crippen LogP contribution in [0.3, 0.4) is 0 Å². The summed E-state index contributed by atoms with van der Waals surface area (Å²) in [5, 5.41) is 5.94. The van der Waals surface area contributed by atoms with E-state index in [0.717, 1.165) is 0 Å². The van der Waals surface area contributed by atoms with Crippen LogP contribution in [0.25, 0.3) is 0 Å². The molecule has 0 saturated carbocycles. The Labute approximate surface area is 168 Å².